The Bertz CT molecular complexity index is 1240. The average Bonchev–Trinajstić information content (AvgIpc) is 2.75. The summed E-state index contributed by atoms with van der Waals surface area (Å²) in [5, 5.41) is 10.4. The Labute approximate surface area is 189 Å². The van der Waals surface area contributed by atoms with Crippen LogP contribution in [-0.2, 0) is 12.7 Å². The number of alkyl halides is 3. The largest absolute Gasteiger partial charge is 0.507 e. The van der Waals surface area contributed by atoms with Gasteiger partial charge in [-0.25, -0.2) is 0 Å². The van der Waals surface area contributed by atoms with E-state index in [-0.39, 0.29) is 34.6 Å². The SMILES string of the molecule is Cc1ccc(Oc2c(C(F)(F)F)oc3c(C[NH+]4CCC(C)CC4)c(O)ccc3c2=O)cc1C. The Morgan fingerprint density at radius 2 is 1.82 bits per heavy atom. The Morgan fingerprint density at radius 3 is 2.45 bits per heavy atom. The van der Waals surface area contributed by atoms with E-state index in [1.807, 2.05) is 6.92 Å². The molecule has 5 nitrogen and oxygen atoms in total. The number of quaternary nitrogens is 1. The first-order chi connectivity index (χ1) is 15.5. The number of phenolic OH excluding ortho intramolecular Hbond substituents is 1. The van der Waals surface area contributed by atoms with Gasteiger partial charge in [-0.3, -0.25) is 4.79 Å². The standard InChI is InChI=1S/C25H26F3NO4/c1-14-8-10-29(11-9-14)13-19-20(30)7-6-18-21(31)23(24(25(26,27)28)33-22(18)19)32-17-5-4-15(2)16(3)12-17/h4-7,12,14,30H,8-11,13H2,1-3H3/p+1. The van der Waals surface area contributed by atoms with Gasteiger partial charge >= 0.3 is 6.18 Å². The van der Waals surface area contributed by atoms with Gasteiger partial charge in [0.25, 0.3) is 5.76 Å². The summed E-state index contributed by atoms with van der Waals surface area (Å²) in [6, 6.07) is 7.39. The van der Waals surface area contributed by atoms with Gasteiger partial charge in [-0.05, 0) is 68.0 Å². The van der Waals surface area contributed by atoms with Crippen LogP contribution in [-0.4, -0.2) is 18.2 Å². The van der Waals surface area contributed by atoms with E-state index < -0.39 is 23.1 Å². The van der Waals surface area contributed by atoms with Gasteiger partial charge in [0, 0.05) is 0 Å². The Balaban J connectivity index is 1.84. The number of aromatic hydroxyl groups is 1. The highest BCUT2D eigenvalue weighted by molar-refractivity contribution is 5.83. The minimum atomic E-state index is -4.96. The predicted octanol–water partition coefficient (Wildman–Crippen LogP) is 4.74. The van der Waals surface area contributed by atoms with Gasteiger partial charge in [0.1, 0.15) is 18.0 Å². The molecule has 1 aliphatic heterocycles. The van der Waals surface area contributed by atoms with E-state index in [0.29, 0.717) is 5.92 Å². The van der Waals surface area contributed by atoms with Crippen molar-refractivity contribution in [1.82, 2.24) is 0 Å². The van der Waals surface area contributed by atoms with Gasteiger partial charge < -0.3 is 19.2 Å². The number of phenols is 1. The Kier molecular flexibility index (Phi) is 6.14. The van der Waals surface area contributed by atoms with Crippen LogP contribution < -0.4 is 15.1 Å². The first-order valence-corrected chi connectivity index (χ1v) is 11.0. The highest BCUT2D eigenvalue weighted by atomic mass is 19.4. The van der Waals surface area contributed by atoms with E-state index in [0.717, 1.165) is 42.0 Å². The second-order valence-electron chi connectivity index (χ2n) is 8.98. The number of nitrogens with one attached hydrogen (secondary N) is 1. The topological polar surface area (TPSA) is 64.1 Å². The predicted molar refractivity (Wildman–Crippen MR) is 118 cm³/mol. The van der Waals surface area contributed by atoms with Crippen LogP contribution in [0, 0.1) is 19.8 Å². The lowest BCUT2D eigenvalue weighted by molar-refractivity contribution is -0.919. The molecule has 1 fully saturated rings. The monoisotopic (exact) mass is 462 g/mol. The van der Waals surface area contributed by atoms with Gasteiger partial charge in [0.15, 0.2) is 5.58 Å². The third kappa shape index (κ3) is 4.71. The van der Waals surface area contributed by atoms with Gasteiger partial charge in [0.2, 0.25) is 11.2 Å². The summed E-state index contributed by atoms with van der Waals surface area (Å²) in [6.07, 6.45) is -2.97. The second-order valence-corrected chi connectivity index (χ2v) is 8.98. The third-order valence-electron chi connectivity index (χ3n) is 6.46. The van der Waals surface area contributed by atoms with E-state index >= 15 is 0 Å². The van der Waals surface area contributed by atoms with Crippen LogP contribution >= 0.6 is 0 Å². The van der Waals surface area contributed by atoms with Gasteiger partial charge in [0.05, 0.1) is 24.0 Å². The number of benzene rings is 2. The van der Waals surface area contributed by atoms with Gasteiger partial charge in [-0.2, -0.15) is 13.2 Å². The number of rotatable bonds is 4. The number of piperidine rings is 1. The van der Waals surface area contributed by atoms with Crippen LogP contribution in [0.5, 0.6) is 17.2 Å². The van der Waals surface area contributed by atoms with Crippen molar-refractivity contribution in [2.45, 2.75) is 46.3 Å². The Hall–Kier alpha value is -3.00. The number of aryl methyl sites for hydroxylation is 2. The molecule has 0 radical (unpaired) electrons. The highest BCUT2D eigenvalue weighted by Crippen LogP contribution is 2.40. The molecule has 33 heavy (non-hydrogen) atoms. The molecule has 0 spiro atoms. The van der Waals surface area contributed by atoms with Gasteiger partial charge in [-0.15, -0.1) is 0 Å². The molecule has 8 heteroatoms. The molecule has 0 bridgehead atoms. The second kappa shape index (κ2) is 8.74. The van der Waals surface area contributed by atoms with Crippen LogP contribution in [0.25, 0.3) is 11.0 Å². The van der Waals surface area contributed by atoms with Crippen molar-refractivity contribution in [3.05, 3.63) is 63.0 Å². The summed E-state index contributed by atoms with van der Waals surface area (Å²) < 4.78 is 52.6. The van der Waals surface area contributed by atoms with Crippen molar-refractivity contribution in [2.24, 2.45) is 5.92 Å². The Morgan fingerprint density at radius 1 is 1.12 bits per heavy atom. The van der Waals surface area contributed by atoms with E-state index in [2.05, 4.69) is 6.92 Å². The maximum absolute atomic E-state index is 14.0. The van der Waals surface area contributed by atoms with Crippen LogP contribution in [0.2, 0.25) is 0 Å². The summed E-state index contributed by atoms with van der Waals surface area (Å²) >= 11 is 0. The number of fused-ring (bicyclic) bond motifs is 1. The van der Waals surface area contributed by atoms with Crippen molar-refractivity contribution in [1.29, 1.82) is 0 Å². The van der Waals surface area contributed by atoms with Crippen LogP contribution in [0.15, 0.2) is 39.5 Å². The fourth-order valence-electron chi connectivity index (χ4n) is 4.23. The molecule has 0 aliphatic carbocycles. The molecule has 1 saturated heterocycles. The number of hydrogen-bond donors (Lipinski definition) is 2. The summed E-state index contributed by atoms with van der Waals surface area (Å²) in [4.78, 5) is 14.3. The molecule has 0 saturated carbocycles. The van der Waals surface area contributed by atoms with Crippen molar-refractivity contribution >= 4 is 11.0 Å². The van der Waals surface area contributed by atoms with Crippen molar-refractivity contribution in [3.63, 3.8) is 0 Å². The van der Waals surface area contributed by atoms with E-state index in [1.165, 1.54) is 18.2 Å². The average molecular weight is 462 g/mol. The van der Waals surface area contributed by atoms with Crippen molar-refractivity contribution in [3.8, 4) is 17.2 Å². The molecular formula is C25H27F3NO4+. The summed E-state index contributed by atoms with van der Waals surface area (Å²) in [7, 11) is 0. The maximum atomic E-state index is 14.0. The summed E-state index contributed by atoms with van der Waals surface area (Å²) in [5.74, 6) is -1.90. The molecule has 1 aliphatic rings. The molecular weight excluding hydrogens is 435 g/mol. The smallest absolute Gasteiger partial charge is 0.453 e. The lowest BCUT2D eigenvalue weighted by Crippen LogP contribution is -3.11. The minimum Gasteiger partial charge on any atom is -0.507 e. The molecule has 4 rings (SSSR count). The molecule has 176 valence electrons. The molecule has 1 aromatic heterocycles. The van der Waals surface area contributed by atoms with E-state index in [9.17, 15) is 23.1 Å². The normalized spacial score (nSPS) is 19.1. The number of ether oxygens (including phenoxy) is 1. The zero-order valence-corrected chi connectivity index (χ0v) is 18.8. The number of halogens is 3. The fourth-order valence-corrected chi connectivity index (χ4v) is 4.23. The maximum Gasteiger partial charge on any atom is 0.453 e. The van der Waals surface area contributed by atoms with E-state index in [1.54, 1.807) is 19.1 Å². The quantitative estimate of drug-likeness (QED) is 0.588. The zero-order chi connectivity index (χ0) is 23.9. The summed E-state index contributed by atoms with van der Waals surface area (Å²) in [6.45, 7) is 7.77. The molecule has 0 amide bonds. The van der Waals surface area contributed by atoms with Gasteiger partial charge in [-0.1, -0.05) is 13.0 Å². The molecule has 2 N–H and O–H groups in total. The third-order valence-corrected chi connectivity index (χ3v) is 6.46. The first-order valence-electron chi connectivity index (χ1n) is 11.0. The first kappa shape index (κ1) is 23.2. The minimum absolute atomic E-state index is 0.0561. The summed E-state index contributed by atoms with van der Waals surface area (Å²) in [5.41, 5.74) is 0.796. The lowest BCUT2D eigenvalue weighted by Gasteiger charge is -2.27. The molecule has 2 aromatic carbocycles. The molecule has 3 aromatic rings. The lowest BCUT2D eigenvalue weighted by atomic mass is 9.98. The fraction of sp³-hybridized carbons (Fsp3) is 0.400. The molecule has 0 atom stereocenters. The highest BCUT2D eigenvalue weighted by Gasteiger charge is 2.41. The van der Waals surface area contributed by atoms with Crippen molar-refractivity contribution < 1.29 is 32.3 Å². The van der Waals surface area contributed by atoms with Crippen LogP contribution in [0.3, 0.4) is 0 Å². The number of hydrogen-bond acceptors (Lipinski definition) is 4. The molecule has 2 heterocycles. The zero-order valence-electron chi connectivity index (χ0n) is 18.8. The van der Waals surface area contributed by atoms with E-state index in [4.69, 9.17) is 9.15 Å². The van der Waals surface area contributed by atoms with Crippen LogP contribution in [0.4, 0.5) is 13.2 Å². The van der Waals surface area contributed by atoms with Crippen LogP contribution in [0.1, 0.15) is 42.2 Å². The molecule has 0 unspecified atom stereocenters. The van der Waals surface area contributed by atoms with Crippen molar-refractivity contribution in [2.75, 3.05) is 13.1 Å². The number of likely N-dealkylation sites (tertiary alicyclic amines) is 1.